The number of benzene rings is 1. The van der Waals surface area contributed by atoms with Crippen molar-refractivity contribution in [1.29, 1.82) is 5.26 Å². The van der Waals surface area contributed by atoms with E-state index in [1.807, 2.05) is 24.5 Å². The van der Waals surface area contributed by atoms with Gasteiger partial charge in [0.15, 0.2) is 0 Å². The van der Waals surface area contributed by atoms with E-state index in [1.54, 1.807) is 11.8 Å². The molecule has 1 aromatic rings. The quantitative estimate of drug-likeness (QED) is 0.599. The Morgan fingerprint density at radius 1 is 1.41 bits per heavy atom. The van der Waals surface area contributed by atoms with Crippen molar-refractivity contribution in [3.63, 3.8) is 0 Å². The summed E-state index contributed by atoms with van der Waals surface area (Å²) in [6, 6.07) is 8.95. The van der Waals surface area contributed by atoms with Crippen LogP contribution in [-0.4, -0.2) is 25.4 Å². The van der Waals surface area contributed by atoms with Gasteiger partial charge in [-0.1, -0.05) is 6.07 Å². The Bertz CT molecular complexity index is 421. The fourth-order valence-corrected chi connectivity index (χ4v) is 2.30. The van der Waals surface area contributed by atoms with Gasteiger partial charge < -0.3 is 10.6 Å². The number of nitrogens with one attached hydrogen (secondary N) is 2. The van der Waals surface area contributed by atoms with Crippen LogP contribution < -0.4 is 10.6 Å². The number of anilines is 1. The predicted octanol–water partition coefficient (Wildman–Crippen LogP) is 2.44. The monoisotopic (exact) mass is 247 g/mol. The first-order valence-corrected chi connectivity index (χ1v) is 7.12. The van der Waals surface area contributed by atoms with Crippen molar-refractivity contribution in [3.8, 4) is 6.07 Å². The van der Waals surface area contributed by atoms with Crippen molar-refractivity contribution >= 4 is 17.4 Å². The molecule has 0 unspecified atom stereocenters. The van der Waals surface area contributed by atoms with E-state index in [-0.39, 0.29) is 0 Å². The summed E-state index contributed by atoms with van der Waals surface area (Å²) in [5, 5.41) is 15.9. The number of rotatable bonds is 6. The van der Waals surface area contributed by atoms with Crippen molar-refractivity contribution in [2.45, 2.75) is 23.8 Å². The van der Waals surface area contributed by atoms with Gasteiger partial charge in [0, 0.05) is 24.0 Å². The van der Waals surface area contributed by atoms with Crippen LogP contribution in [0.4, 0.5) is 5.69 Å². The number of nitrogens with zero attached hydrogens (tertiary/aromatic N) is 1. The summed E-state index contributed by atoms with van der Waals surface area (Å²) in [4.78, 5) is 1.03. The lowest BCUT2D eigenvalue weighted by Crippen LogP contribution is -2.24. The van der Waals surface area contributed by atoms with E-state index >= 15 is 0 Å². The maximum absolute atomic E-state index is 9.17. The van der Waals surface area contributed by atoms with Crippen molar-refractivity contribution in [1.82, 2.24) is 5.32 Å². The minimum atomic E-state index is 0.741. The Hall–Kier alpha value is -1.18. The molecular weight excluding hydrogens is 230 g/mol. The van der Waals surface area contributed by atoms with Crippen LogP contribution in [0.15, 0.2) is 23.1 Å². The van der Waals surface area contributed by atoms with E-state index in [0.29, 0.717) is 0 Å². The molecule has 1 fully saturated rings. The van der Waals surface area contributed by atoms with Crippen LogP contribution >= 0.6 is 11.8 Å². The van der Waals surface area contributed by atoms with E-state index in [9.17, 15) is 0 Å². The van der Waals surface area contributed by atoms with Gasteiger partial charge in [-0.2, -0.15) is 5.26 Å². The molecule has 0 atom stereocenters. The molecule has 2 rings (SSSR count). The molecule has 90 valence electrons. The number of nitriles is 1. The molecule has 0 amide bonds. The largest absolute Gasteiger partial charge is 0.383 e. The molecule has 0 saturated heterocycles. The summed E-state index contributed by atoms with van der Waals surface area (Å²) in [5.41, 5.74) is 1.70. The Labute approximate surface area is 107 Å². The van der Waals surface area contributed by atoms with Crippen LogP contribution in [0.1, 0.15) is 18.4 Å². The second kappa shape index (κ2) is 5.95. The molecular formula is C13H17N3S. The zero-order valence-electron chi connectivity index (χ0n) is 9.99. The molecule has 0 bridgehead atoms. The SMILES string of the molecule is CSc1cccc(NCCNC2CC2)c1C#N. The molecule has 17 heavy (non-hydrogen) atoms. The van der Waals surface area contributed by atoms with Crippen LogP contribution in [0.5, 0.6) is 0 Å². The number of thioether (sulfide) groups is 1. The third-order valence-corrected chi connectivity index (χ3v) is 3.59. The fraction of sp³-hybridized carbons (Fsp3) is 0.462. The van der Waals surface area contributed by atoms with Crippen molar-refractivity contribution in [2.24, 2.45) is 0 Å². The maximum atomic E-state index is 9.17. The van der Waals surface area contributed by atoms with Crippen molar-refractivity contribution in [3.05, 3.63) is 23.8 Å². The Morgan fingerprint density at radius 3 is 2.88 bits per heavy atom. The minimum absolute atomic E-state index is 0.741. The summed E-state index contributed by atoms with van der Waals surface area (Å²) in [6.07, 6.45) is 4.62. The zero-order chi connectivity index (χ0) is 12.1. The van der Waals surface area contributed by atoms with Crippen molar-refractivity contribution in [2.75, 3.05) is 24.7 Å². The van der Waals surface area contributed by atoms with Gasteiger partial charge in [-0.05, 0) is 31.2 Å². The van der Waals surface area contributed by atoms with Crippen LogP contribution in [0, 0.1) is 11.3 Å². The normalized spacial score (nSPS) is 14.4. The summed E-state index contributed by atoms with van der Waals surface area (Å²) >= 11 is 1.61. The highest BCUT2D eigenvalue weighted by Crippen LogP contribution is 2.26. The van der Waals surface area contributed by atoms with E-state index < -0.39 is 0 Å². The van der Waals surface area contributed by atoms with Crippen LogP contribution in [0.3, 0.4) is 0 Å². The van der Waals surface area contributed by atoms with Gasteiger partial charge in [0.25, 0.3) is 0 Å². The standard InChI is InChI=1S/C13H17N3S/c1-17-13-4-2-3-12(11(13)9-14)16-8-7-15-10-5-6-10/h2-4,10,15-16H,5-8H2,1H3. The fourth-order valence-electron chi connectivity index (χ4n) is 1.72. The lowest BCUT2D eigenvalue weighted by molar-refractivity contribution is 0.701. The van der Waals surface area contributed by atoms with E-state index in [0.717, 1.165) is 35.3 Å². The van der Waals surface area contributed by atoms with Crippen molar-refractivity contribution < 1.29 is 0 Å². The maximum Gasteiger partial charge on any atom is 0.102 e. The third kappa shape index (κ3) is 3.39. The summed E-state index contributed by atoms with van der Waals surface area (Å²) < 4.78 is 0. The Balaban J connectivity index is 1.92. The summed E-state index contributed by atoms with van der Waals surface area (Å²) in [5.74, 6) is 0. The average Bonchev–Trinajstić information content (AvgIpc) is 3.18. The Kier molecular flexibility index (Phi) is 4.29. The Morgan fingerprint density at radius 2 is 2.24 bits per heavy atom. The first-order chi connectivity index (χ1) is 8.35. The third-order valence-electron chi connectivity index (χ3n) is 2.81. The first kappa shape index (κ1) is 12.3. The van der Waals surface area contributed by atoms with Crippen LogP contribution in [-0.2, 0) is 0 Å². The van der Waals surface area contributed by atoms with Gasteiger partial charge in [0.1, 0.15) is 6.07 Å². The topological polar surface area (TPSA) is 47.8 Å². The van der Waals surface area contributed by atoms with Gasteiger partial charge in [0.05, 0.1) is 11.3 Å². The van der Waals surface area contributed by atoms with Gasteiger partial charge in [-0.3, -0.25) is 0 Å². The number of hydrogen-bond acceptors (Lipinski definition) is 4. The molecule has 4 heteroatoms. The van der Waals surface area contributed by atoms with E-state index in [1.165, 1.54) is 12.8 Å². The highest BCUT2D eigenvalue weighted by atomic mass is 32.2. The van der Waals surface area contributed by atoms with Gasteiger partial charge >= 0.3 is 0 Å². The smallest absolute Gasteiger partial charge is 0.102 e. The highest BCUT2D eigenvalue weighted by Gasteiger charge is 2.19. The molecule has 3 nitrogen and oxygen atoms in total. The molecule has 1 aliphatic carbocycles. The molecule has 0 spiro atoms. The second-order valence-corrected chi connectivity index (χ2v) is 5.00. The first-order valence-electron chi connectivity index (χ1n) is 5.89. The molecule has 0 aromatic heterocycles. The van der Waals surface area contributed by atoms with Crippen LogP contribution in [0.25, 0.3) is 0 Å². The molecule has 1 aliphatic rings. The molecule has 1 saturated carbocycles. The molecule has 1 aromatic carbocycles. The predicted molar refractivity (Wildman–Crippen MR) is 72.5 cm³/mol. The van der Waals surface area contributed by atoms with Gasteiger partial charge in [-0.25, -0.2) is 0 Å². The molecule has 0 aliphatic heterocycles. The average molecular weight is 247 g/mol. The molecule has 0 heterocycles. The molecule has 0 radical (unpaired) electrons. The second-order valence-electron chi connectivity index (χ2n) is 4.15. The minimum Gasteiger partial charge on any atom is -0.383 e. The van der Waals surface area contributed by atoms with Gasteiger partial charge in [0.2, 0.25) is 0 Å². The molecule has 2 N–H and O–H groups in total. The van der Waals surface area contributed by atoms with E-state index in [2.05, 4.69) is 16.7 Å². The van der Waals surface area contributed by atoms with E-state index in [4.69, 9.17) is 5.26 Å². The summed E-state index contributed by atoms with van der Waals surface area (Å²) in [7, 11) is 0. The van der Waals surface area contributed by atoms with Gasteiger partial charge in [-0.15, -0.1) is 11.8 Å². The number of hydrogen-bond donors (Lipinski definition) is 2. The zero-order valence-corrected chi connectivity index (χ0v) is 10.8. The highest BCUT2D eigenvalue weighted by molar-refractivity contribution is 7.98. The van der Waals surface area contributed by atoms with Crippen LogP contribution in [0.2, 0.25) is 0 Å². The lowest BCUT2D eigenvalue weighted by atomic mass is 10.2. The summed E-state index contributed by atoms with van der Waals surface area (Å²) in [6.45, 7) is 1.82. The lowest BCUT2D eigenvalue weighted by Gasteiger charge is -2.10.